The first-order valence-electron chi connectivity index (χ1n) is 3.91. The summed E-state index contributed by atoms with van der Waals surface area (Å²) in [6.07, 6.45) is 2.87. The van der Waals surface area contributed by atoms with Gasteiger partial charge in [0.25, 0.3) is 0 Å². The zero-order valence-electron chi connectivity index (χ0n) is 7.05. The number of carbonyl (C=O) groups excluding carboxylic acids is 1. The van der Waals surface area contributed by atoms with Crippen molar-refractivity contribution >= 4 is 5.97 Å². The van der Waals surface area contributed by atoms with Crippen LogP contribution in [0.4, 0.5) is 0 Å². The Hall–Kier alpha value is -0.570. The second kappa shape index (κ2) is 3.22. The zero-order valence-corrected chi connectivity index (χ0v) is 7.05. The summed E-state index contributed by atoms with van der Waals surface area (Å²) in [4.78, 5) is 11.1. The van der Waals surface area contributed by atoms with Gasteiger partial charge >= 0.3 is 5.97 Å². The Labute approximate surface area is 66.7 Å². The van der Waals surface area contributed by atoms with Crippen LogP contribution in [0.25, 0.3) is 0 Å². The molecule has 0 unspecified atom stereocenters. The highest BCUT2D eigenvalue weighted by Crippen LogP contribution is 2.25. The van der Waals surface area contributed by atoms with E-state index in [-0.39, 0.29) is 5.97 Å². The van der Waals surface area contributed by atoms with Gasteiger partial charge in [0.05, 0.1) is 7.11 Å². The van der Waals surface area contributed by atoms with Crippen LogP contribution in [0.15, 0.2) is 0 Å². The number of rotatable bonds is 1. The summed E-state index contributed by atoms with van der Waals surface area (Å²) in [5, 5.41) is 0. The van der Waals surface area contributed by atoms with Crippen LogP contribution < -0.4 is 0 Å². The summed E-state index contributed by atoms with van der Waals surface area (Å²) >= 11 is 0. The molecular formula is C8H14O3. The van der Waals surface area contributed by atoms with E-state index in [0.717, 1.165) is 19.3 Å². The van der Waals surface area contributed by atoms with Crippen LogP contribution in [0.2, 0.25) is 0 Å². The molecule has 3 nitrogen and oxygen atoms in total. The Morgan fingerprint density at radius 2 is 2.27 bits per heavy atom. The van der Waals surface area contributed by atoms with Crippen molar-refractivity contribution < 1.29 is 14.3 Å². The van der Waals surface area contributed by atoms with Gasteiger partial charge in [-0.3, -0.25) is 0 Å². The first-order valence-corrected chi connectivity index (χ1v) is 3.91. The number of ether oxygens (including phenoxy) is 2. The first kappa shape index (κ1) is 8.53. The molecule has 0 amide bonds. The number of esters is 1. The minimum absolute atomic E-state index is 0.253. The van der Waals surface area contributed by atoms with Crippen LogP contribution in [-0.4, -0.2) is 25.3 Å². The maximum atomic E-state index is 11.1. The highest BCUT2D eigenvalue weighted by atomic mass is 16.6. The van der Waals surface area contributed by atoms with Crippen molar-refractivity contribution in [3.63, 3.8) is 0 Å². The Balaban J connectivity index is 2.56. The first-order chi connectivity index (χ1) is 5.19. The van der Waals surface area contributed by atoms with E-state index in [4.69, 9.17) is 4.74 Å². The minimum atomic E-state index is -0.674. The SMILES string of the molecule is COC(=O)[C@]1(C)CCCCO1. The molecule has 3 heteroatoms. The van der Waals surface area contributed by atoms with Crippen molar-refractivity contribution in [3.8, 4) is 0 Å². The maximum Gasteiger partial charge on any atom is 0.337 e. The van der Waals surface area contributed by atoms with Crippen molar-refractivity contribution in [2.24, 2.45) is 0 Å². The molecule has 1 atom stereocenters. The standard InChI is InChI=1S/C8H14O3/c1-8(7(9)10-2)5-3-4-6-11-8/h3-6H2,1-2H3/t8-/m0/s1. The molecule has 64 valence electrons. The van der Waals surface area contributed by atoms with Crippen LogP contribution in [0, 0.1) is 0 Å². The highest BCUT2D eigenvalue weighted by molar-refractivity contribution is 5.79. The van der Waals surface area contributed by atoms with Gasteiger partial charge in [0.2, 0.25) is 0 Å². The smallest absolute Gasteiger partial charge is 0.337 e. The molecule has 1 saturated heterocycles. The maximum absolute atomic E-state index is 11.1. The van der Waals surface area contributed by atoms with Crippen LogP contribution in [0.1, 0.15) is 26.2 Å². The largest absolute Gasteiger partial charge is 0.467 e. The molecule has 11 heavy (non-hydrogen) atoms. The van der Waals surface area contributed by atoms with Gasteiger partial charge in [-0.2, -0.15) is 0 Å². The van der Waals surface area contributed by atoms with Gasteiger partial charge in [-0.1, -0.05) is 0 Å². The fraction of sp³-hybridized carbons (Fsp3) is 0.875. The third-order valence-corrected chi connectivity index (χ3v) is 2.09. The molecule has 0 aliphatic carbocycles. The summed E-state index contributed by atoms with van der Waals surface area (Å²) < 4.78 is 9.97. The fourth-order valence-corrected chi connectivity index (χ4v) is 1.31. The molecule has 0 aromatic carbocycles. The predicted octanol–water partition coefficient (Wildman–Crippen LogP) is 1.12. The number of hydrogen-bond acceptors (Lipinski definition) is 3. The van der Waals surface area contributed by atoms with Crippen molar-refractivity contribution in [2.75, 3.05) is 13.7 Å². The van der Waals surface area contributed by atoms with E-state index in [2.05, 4.69) is 4.74 Å². The van der Waals surface area contributed by atoms with Gasteiger partial charge in [0, 0.05) is 6.61 Å². The molecule has 0 aromatic heterocycles. The summed E-state index contributed by atoms with van der Waals surface area (Å²) in [6, 6.07) is 0. The molecule has 1 aliphatic heterocycles. The molecule has 0 N–H and O–H groups in total. The van der Waals surface area contributed by atoms with Gasteiger partial charge in [-0.05, 0) is 26.2 Å². The van der Waals surface area contributed by atoms with Crippen molar-refractivity contribution in [1.82, 2.24) is 0 Å². The van der Waals surface area contributed by atoms with Crippen LogP contribution in [-0.2, 0) is 14.3 Å². The lowest BCUT2D eigenvalue weighted by molar-refractivity contribution is -0.172. The van der Waals surface area contributed by atoms with Gasteiger partial charge in [-0.25, -0.2) is 4.79 Å². The molecule has 0 saturated carbocycles. The summed E-state index contributed by atoms with van der Waals surface area (Å²) in [6.45, 7) is 2.46. The van der Waals surface area contributed by atoms with Crippen LogP contribution in [0.5, 0.6) is 0 Å². The molecular weight excluding hydrogens is 144 g/mol. The molecule has 0 radical (unpaired) electrons. The number of hydrogen-bond donors (Lipinski definition) is 0. The lowest BCUT2D eigenvalue weighted by Gasteiger charge is -2.30. The predicted molar refractivity (Wildman–Crippen MR) is 40.2 cm³/mol. The second-order valence-corrected chi connectivity index (χ2v) is 3.03. The Kier molecular flexibility index (Phi) is 2.49. The summed E-state index contributed by atoms with van der Waals surface area (Å²) in [5.74, 6) is -0.253. The third-order valence-electron chi connectivity index (χ3n) is 2.09. The Morgan fingerprint density at radius 1 is 1.55 bits per heavy atom. The molecule has 0 bridgehead atoms. The third kappa shape index (κ3) is 1.71. The van der Waals surface area contributed by atoms with E-state index < -0.39 is 5.60 Å². The van der Waals surface area contributed by atoms with E-state index in [1.165, 1.54) is 7.11 Å². The van der Waals surface area contributed by atoms with Gasteiger partial charge in [0.15, 0.2) is 5.60 Å². The lowest BCUT2D eigenvalue weighted by Crippen LogP contribution is -2.42. The second-order valence-electron chi connectivity index (χ2n) is 3.03. The number of carbonyl (C=O) groups is 1. The van der Waals surface area contributed by atoms with E-state index in [1.54, 1.807) is 6.92 Å². The van der Waals surface area contributed by atoms with Crippen LogP contribution in [0.3, 0.4) is 0 Å². The Bertz CT molecular complexity index is 147. The topological polar surface area (TPSA) is 35.5 Å². The minimum Gasteiger partial charge on any atom is -0.467 e. The Morgan fingerprint density at radius 3 is 2.73 bits per heavy atom. The summed E-state index contributed by atoms with van der Waals surface area (Å²) in [7, 11) is 1.39. The van der Waals surface area contributed by atoms with Crippen molar-refractivity contribution in [2.45, 2.75) is 31.8 Å². The molecule has 0 aromatic rings. The molecule has 1 rings (SSSR count). The highest BCUT2D eigenvalue weighted by Gasteiger charge is 2.36. The van der Waals surface area contributed by atoms with Crippen molar-refractivity contribution in [3.05, 3.63) is 0 Å². The monoisotopic (exact) mass is 158 g/mol. The van der Waals surface area contributed by atoms with E-state index in [9.17, 15) is 4.79 Å². The average molecular weight is 158 g/mol. The van der Waals surface area contributed by atoms with Crippen molar-refractivity contribution in [1.29, 1.82) is 0 Å². The zero-order chi connectivity index (χ0) is 8.32. The van der Waals surface area contributed by atoms with Gasteiger partial charge in [0.1, 0.15) is 0 Å². The van der Waals surface area contributed by atoms with Crippen LogP contribution >= 0.6 is 0 Å². The van der Waals surface area contributed by atoms with E-state index >= 15 is 0 Å². The number of methoxy groups -OCH3 is 1. The quantitative estimate of drug-likeness (QED) is 0.536. The normalized spacial score (nSPS) is 31.5. The van der Waals surface area contributed by atoms with E-state index in [0.29, 0.717) is 6.61 Å². The summed E-state index contributed by atoms with van der Waals surface area (Å²) in [5.41, 5.74) is -0.674. The van der Waals surface area contributed by atoms with Gasteiger partial charge in [-0.15, -0.1) is 0 Å². The van der Waals surface area contributed by atoms with E-state index in [1.807, 2.05) is 0 Å². The lowest BCUT2D eigenvalue weighted by atomic mass is 9.96. The fourth-order valence-electron chi connectivity index (χ4n) is 1.31. The molecule has 1 aliphatic rings. The van der Waals surface area contributed by atoms with Gasteiger partial charge < -0.3 is 9.47 Å². The molecule has 1 fully saturated rings. The average Bonchev–Trinajstić information content (AvgIpc) is 2.04. The molecule has 1 heterocycles. The molecule has 0 spiro atoms.